The number of hydrogen-bond acceptors (Lipinski definition) is 3. The van der Waals surface area contributed by atoms with Gasteiger partial charge in [0, 0.05) is 6.54 Å². The van der Waals surface area contributed by atoms with Crippen LogP contribution in [0.15, 0.2) is 0 Å². The van der Waals surface area contributed by atoms with Gasteiger partial charge in [0.2, 0.25) is 0 Å². The van der Waals surface area contributed by atoms with Gasteiger partial charge < -0.3 is 9.64 Å². The van der Waals surface area contributed by atoms with Gasteiger partial charge in [-0.25, -0.2) is 0 Å². The normalized spacial score (nSPS) is 26.4. The predicted molar refractivity (Wildman–Crippen MR) is 69.8 cm³/mol. The van der Waals surface area contributed by atoms with Gasteiger partial charge in [-0.05, 0) is 38.3 Å². The first kappa shape index (κ1) is 14.5. The summed E-state index contributed by atoms with van der Waals surface area (Å²) in [5.74, 6) is 0.552. The summed E-state index contributed by atoms with van der Waals surface area (Å²) in [7, 11) is 3.97. The van der Waals surface area contributed by atoms with Crippen molar-refractivity contribution in [2.24, 2.45) is 16.7 Å². The molecule has 1 atom stereocenters. The second-order valence-electron chi connectivity index (χ2n) is 6.68. The van der Waals surface area contributed by atoms with Crippen LogP contribution < -0.4 is 0 Å². The van der Waals surface area contributed by atoms with Gasteiger partial charge in [-0.3, -0.25) is 4.79 Å². The van der Waals surface area contributed by atoms with E-state index in [-0.39, 0.29) is 16.8 Å². The Bertz CT molecular complexity index is 284. The van der Waals surface area contributed by atoms with Crippen molar-refractivity contribution in [3.63, 3.8) is 0 Å². The van der Waals surface area contributed by atoms with Gasteiger partial charge >= 0.3 is 5.97 Å². The minimum Gasteiger partial charge on any atom is -0.464 e. The van der Waals surface area contributed by atoms with E-state index in [1.165, 1.54) is 0 Å². The first-order valence-corrected chi connectivity index (χ1v) is 6.53. The number of carbonyl (C=O) groups is 1. The van der Waals surface area contributed by atoms with Gasteiger partial charge in [0.1, 0.15) is 6.61 Å². The molecule has 100 valence electrons. The Morgan fingerprint density at radius 3 is 2.24 bits per heavy atom. The van der Waals surface area contributed by atoms with Crippen LogP contribution >= 0.6 is 0 Å². The molecule has 0 aromatic carbocycles. The maximum atomic E-state index is 12.2. The molecule has 3 heteroatoms. The molecule has 1 fully saturated rings. The summed E-state index contributed by atoms with van der Waals surface area (Å²) in [4.78, 5) is 14.2. The first-order chi connectivity index (χ1) is 7.71. The highest BCUT2D eigenvalue weighted by molar-refractivity contribution is 5.81. The summed E-state index contributed by atoms with van der Waals surface area (Å²) >= 11 is 0. The van der Waals surface area contributed by atoms with Gasteiger partial charge in [0.15, 0.2) is 0 Å². The van der Waals surface area contributed by atoms with E-state index in [1.807, 2.05) is 19.0 Å². The van der Waals surface area contributed by atoms with E-state index in [9.17, 15) is 4.79 Å². The second kappa shape index (κ2) is 4.97. The van der Waals surface area contributed by atoms with Crippen molar-refractivity contribution >= 4 is 5.97 Å². The second-order valence-corrected chi connectivity index (χ2v) is 6.68. The highest BCUT2D eigenvalue weighted by Crippen LogP contribution is 2.67. The number of nitrogens with zero attached hydrogens (tertiary/aromatic N) is 1. The zero-order valence-corrected chi connectivity index (χ0v) is 12.2. The lowest BCUT2D eigenvalue weighted by Crippen LogP contribution is -2.28. The molecule has 0 aromatic rings. The molecule has 1 saturated carbocycles. The Morgan fingerprint density at radius 2 is 1.88 bits per heavy atom. The van der Waals surface area contributed by atoms with Crippen LogP contribution in [0.1, 0.15) is 40.5 Å². The van der Waals surface area contributed by atoms with E-state index >= 15 is 0 Å². The monoisotopic (exact) mass is 241 g/mol. The van der Waals surface area contributed by atoms with Crippen LogP contribution in [0.3, 0.4) is 0 Å². The number of hydrogen-bond donors (Lipinski definition) is 0. The zero-order chi connectivity index (χ0) is 13.3. The van der Waals surface area contributed by atoms with Crippen LogP contribution in [0.25, 0.3) is 0 Å². The number of likely N-dealkylation sites (N-methyl/N-ethyl adjacent to an activating group) is 1. The zero-order valence-electron chi connectivity index (χ0n) is 12.2. The summed E-state index contributed by atoms with van der Waals surface area (Å²) in [6.07, 6.45) is 1.92. The average molecular weight is 241 g/mol. The molecule has 1 unspecified atom stereocenters. The summed E-state index contributed by atoms with van der Waals surface area (Å²) in [6, 6.07) is 0. The molecule has 0 bridgehead atoms. The largest absolute Gasteiger partial charge is 0.464 e. The molecule has 0 saturated heterocycles. The highest BCUT2D eigenvalue weighted by atomic mass is 16.5. The lowest BCUT2D eigenvalue weighted by molar-refractivity contribution is -0.152. The van der Waals surface area contributed by atoms with Crippen molar-refractivity contribution in [3.05, 3.63) is 0 Å². The molecular weight excluding hydrogens is 214 g/mol. The van der Waals surface area contributed by atoms with Crippen LogP contribution in [0, 0.1) is 16.7 Å². The van der Waals surface area contributed by atoms with Crippen LogP contribution in [0.2, 0.25) is 0 Å². The molecule has 0 aliphatic heterocycles. The maximum absolute atomic E-state index is 12.2. The van der Waals surface area contributed by atoms with Crippen LogP contribution in [-0.4, -0.2) is 38.1 Å². The molecule has 1 rings (SSSR count). The maximum Gasteiger partial charge on any atom is 0.312 e. The van der Waals surface area contributed by atoms with E-state index < -0.39 is 0 Å². The van der Waals surface area contributed by atoms with Gasteiger partial charge in [-0.1, -0.05) is 27.7 Å². The van der Waals surface area contributed by atoms with Crippen LogP contribution in [-0.2, 0) is 9.53 Å². The smallest absolute Gasteiger partial charge is 0.312 e. The lowest BCUT2D eigenvalue weighted by atomic mass is 9.87. The molecule has 0 aromatic heterocycles. The molecular formula is C14H27NO2. The van der Waals surface area contributed by atoms with Gasteiger partial charge in [-0.2, -0.15) is 0 Å². The first-order valence-electron chi connectivity index (χ1n) is 6.53. The third kappa shape index (κ3) is 3.21. The number of esters is 1. The number of ether oxygens (including phenoxy) is 1. The summed E-state index contributed by atoms with van der Waals surface area (Å²) in [5.41, 5.74) is -0.0973. The minimum absolute atomic E-state index is 0.0121. The molecule has 0 heterocycles. The topological polar surface area (TPSA) is 29.5 Å². The Labute approximate surface area is 106 Å². The molecule has 0 amide bonds. The van der Waals surface area contributed by atoms with Gasteiger partial charge in [-0.15, -0.1) is 0 Å². The molecule has 1 aliphatic carbocycles. The summed E-state index contributed by atoms with van der Waals surface area (Å²) in [6.45, 7) is 9.98. The highest BCUT2D eigenvalue weighted by Gasteiger charge is 2.66. The molecule has 0 N–H and O–H groups in total. The van der Waals surface area contributed by atoms with Crippen LogP contribution in [0.4, 0.5) is 0 Å². The SMILES string of the molecule is CC(C)CC1(C(=O)OCCN(C)C)CC1(C)C. The minimum atomic E-state index is -0.215. The fourth-order valence-electron chi connectivity index (χ4n) is 2.65. The quantitative estimate of drug-likeness (QED) is 0.669. The lowest BCUT2D eigenvalue weighted by Gasteiger charge is -2.21. The number of carbonyl (C=O) groups excluding carboxylic acids is 1. The molecule has 0 radical (unpaired) electrons. The van der Waals surface area contributed by atoms with Crippen molar-refractivity contribution < 1.29 is 9.53 Å². The standard InChI is InChI=1S/C14H27NO2/c1-11(2)9-14(10-13(14,3)4)12(16)17-8-7-15(5)6/h11H,7-10H2,1-6H3. The number of rotatable bonds is 6. The van der Waals surface area contributed by atoms with Crippen molar-refractivity contribution in [1.82, 2.24) is 4.90 Å². The van der Waals surface area contributed by atoms with Crippen molar-refractivity contribution in [2.45, 2.75) is 40.5 Å². The van der Waals surface area contributed by atoms with Crippen molar-refractivity contribution in [1.29, 1.82) is 0 Å². The molecule has 1 aliphatic rings. The van der Waals surface area contributed by atoms with Gasteiger partial charge in [0.25, 0.3) is 0 Å². The Kier molecular flexibility index (Phi) is 4.23. The van der Waals surface area contributed by atoms with E-state index in [0.717, 1.165) is 19.4 Å². The third-order valence-electron chi connectivity index (χ3n) is 3.83. The molecule has 17 heavy (non-hydrogen) atoms. The van der Waals surface area contributed by atoms with E-state index in [4.69, 9.17) is 4.74 Å². The Hall–Kier alpha value is -0.570. The molecule has 3 nitrogen and oxygen atoms in total. The average Bonchev–Trinajstić information content (AvgIpc) is 2.67. The Morgan fingerprint density at radius 1 is 1.35 bits per heavy atom. The van der Waals surface area contributed by atoms with Gasteiger partial charge in [0.05, 0.1) is 5.41 Å². The third-order valence-corrected chi connectivity index (χ3v) is 3.83. The van der Waals surface area contributed by atoms with E-state index in [0.29, 0.717) is 12.5 Å². The fourth-order valence-corrected chi connectivity index (χ4v) is 2.65. The molecule has 0 spiro atoms. The van der Waals surface area contributed by atoms with E-state index in [1.54, 1.807) is 0 Å². The summed E-state index contributed by atoms with van der Waals surface area (Å²) < 4.78 is 5.44. The summed E-state index contributed by atoms with van der Waals surface area (Å²) in [5, 5.41) is 0. The van der Waals surface area contributed by atoms with E-state index in [2.05, 4.69) is 27.7 Å². The predicted octanol–water partition coefficient (Wildman–Crippen LogP) is 2.55. The Balaban J connectivity index is 2.53. The fraction of sp³-hybridized carbons (Fsp3) is 0.929. The van der Waals surface area contributed by atoms with Crippen molar-refractivity contribution in [2.75, 3.05) is 27.2 Å². The van der Waals surface area contributed by atoms with Crippen LogP contribution in [0.5, 0.6) is 0 Å². The van der Waals surface area contributed by atoms with Crippen molar-refractivity contribution in [3.8, 4) is 0 Å².